The third-order valence-electron chi connectivity index (χ3n) is 6.25. The van der Waals surface area contributed by atoms with E-state index in [9.17, 15) is 5.11 Å². The summed E-state index contributed by atoms with van der Waals surface area (Å²) in [6, 6.07) is 6.44. The van der Waals surface area contributed by atoms with Crippen molar-refractivity contribution in [1.29, 1.82) is 0 Å². The number of fused-ring (bicyclic) bond motifs is 1. The Hall–Kier alpha value is -2.55. The Labute approximate surface area is 181 Å². The van der Waals surface area contributed by atoms with Crippen molar-refractivity contribution in [3.05, 3.63) is 41.3 Å². The van der Waals surface area contributed by atoms with Crippen LogP contribution >= 0.6 is 0 Å². The normalized spacial score (nSPS) is 22.2. The largest absolute Gasteiger partial charge is 0.394 e. The van der Waals surface area contributed by atoms with Crippen molar-refractivity contribution in [2.24, 2.45) is 0 Å². The van der Waals surface area contributed by atoms with E-state index in [1.165, 1.54) is 11.1 Å². The molecule has 0 saturated carbocycles. The first-order valence-electron chi connectivity index (χ1n) is 11.0. The van der Waals surface area contributed by atoms with Gasteiger partial charge in [0, 0.05) is 37.1 Å². The molecule has 2 unspecified atom stereocenters. The smallest absolute Gasteiger partial charge is 0.159 e. The van der Waals surface area contributed by atoms with Gasteiger partial charge in [0.1, 0.15) is 11.6 Å². The molecule has 164 valence electrons. The summed E-state index contributed by atoms with van der Waals surface area (Å²) in [6.07, 6.45) is 3.96. The average Bonchev–Trinajstić information content (AvgIpc) is 3.21. The monoisotopic (exact) mass is 423 g/mol. The first kappa shape index (κ1) is 20.4. The van der Waals surface area contributed by atoms with Gasteiger partial charge in [-0.2, -0.15) is 5.10 Å². The predicted molar refractivity (Wildman–Crippen MR) is 118 cm³/mol. The topological polar surface area (TPSA) is 85.5 Å². The lowest BCUT2D eigenvalue weighted by molar-refractivity contribution is 0.00335. The fourth-order valence-electron chi connectivity index (χ4n) is 4.66. The van der Waals surface area contributed by atoms with Gasteiger partial charge in [0.15, 0.2) is 5.82 Å². The van der Waals surface area contributed by atoms with E-state index in [1.54, 1.807) is 0 Å². The van der Waals surface area contributed by atoms with E-state index in [4.69, 9.17) is 9.47 Å². The highest BCUT2D eigenvalue weighted by molar-refractivity contribution is 5.82. The minimum absolute atomic E-state index is 0.00419. The molecule has 2 saturated heterocycles. The van der Waals surface area contributed by atoms with E-state index in [1.807, 2.05) is 23.9 Å². The second kappa shape index (κ2) is 8.53. The molecule has 0 spiro atoms. The van der Waals surface area contributed by atoms with E-state index in [2.05, 4.69) is 39.0 Å². The maximum Gasteiger partial charge on any atom is 0.159 e. The van der Waals surface area contributed by atoms with Crippen LogP contribution in [0, 0.1) is 13.8 Å². The number of aliphatic hydroxyl groups is 1. The van der Waals surface area contributed by atoms with Crippen LogP contribution in [0.5, 0.6) is 0 Å². The highest BCUT2D eigenvalue weighted by atomic mass is 16.5. The standard InChI is InChI=1S/C23H29N5O3/c1-15-8-18-11-24-28(21(18)9-20(15)17-4-3-6-30-14-17)23-10-22(25-16(2)26-23)27-5-7-31-19(12-27)13-29/h8-11,17,19,29H,3-7,12-14H2,1-2H3. The van der Waals surface area contributed by atoms with Crippen LogP contribution in [-0.4, -0.2) is 70.5 Å². The van der Waals surface area contributed by atoms with E-state index in [0.29, 0.717) is 24.9 Å². The summed E-state index contributed by atoms with van der Waals surface area (Å²) < 4.78 is 13.2. The number of anilines is 1. The fourth-order valence-corrected chi connectivity index (χ4v) is 4.66. The molecular weight excluding hydrogens is 394 g/mol. The molecule has 0 amide bonds. The number of nitrogens with zero attached hydrogens (tertiary/aromatic N) is 5. The number of rotatable bonds is 4. The predicted octanol–water partition coefficient (Wildman–Crippen LogP) is 2.52. The maximum absolute atomic E-state index is 9.48. The Bertz CT molecular complexity index is 1080. The molecule has 0 radical (unpaired) electrons. The van der Waals surface area contributed by atoms with E-state index in [0.717, 1.165) is 55.1 Å². The van der Waals surface area contributed by atoms with Crippen molar-refractivity contribution in [3.8, 4) is 5.82 Å². The molecule has 1 N–H and O–H groups in total. The molecular formula is C23H29N5O3. The van der Waals surface area contributed by atoms with E-state index >= 15 is 0 Å². The molecule has 5 rings (SSSR count). The van der Waals surface area contributed by atoms with Gasteiger partial charge in [-0.3, -0.25) is 0 Å². The molecule has 2 aliphatic heterocycles. The average molecular weight is 424 g/mol. The van der Waals surface area contributed by atoms with Crippen LogP contribution in [0.4, 0.5) is 5.82 Å². The zero-order valence-corrected chi connectivity index (χ0v) is 18.1. The van der Waals surface area contributed by atoms with Crippen molar-refractivity contribution < 1.29 is 14.6 Å². The highest BCUT2D eigenvalue weighted by Crippen LogP contribution is 2.32. The SMILES string of the molecule is Cc1nc(N2CCOC(CO)C2)cc(-n2ncc3cc(C)c(C4CCCOC4)cc32)n1. The number of benzene rings is 1. The van der Waals surface area contributed by atoms with Crippen molar-refractivity contribution in [1.82, 2.24) is 19.7 Å². The van der Waals surface area contributed by atoms with Gasteiger partial charge in [0.2, 0.25) is 0 Å². The summed E-state index contributed by atoms with van der Waals surface area (Å²) in [7, 11) is 0. The molecule has 2 fully saturated rings. The number of ether oxygens (including phenoxy) is 2. The van der Waals surface area contributed by atoms with Gasteiger partial charge in [0.05, 0.1) is 37.6 Å². The molecule has 0 aliphatic carbocycles. The molecule has 2 atom stereocenters. The summed E-state index contributed by atoms with van der Waals surface area (Å²) in [5.41, 5.74) is 3.66. The first-order chi connectivity index (χ1) is 15.1. The Morgan fingerprint density at radius 2 is 2.00 bits per heavy atom. The number of aryl methyl sites for hydroxylation is 2. The second-order valence-corrected chi connectivity index (χ2v) is 8.49. The Kier molecular flexibility index (Phi) is 5.60. The van der Waals surface area contributed by atoms with Crippen LogP contribution in [-0.2, 0) is 9.47 Å². The number of aliphatic hydroxyl groups excluding tert-OH is 1. The van der Waals surface area contributed by atoms with Gasteiger partial charge in [-0.1, -0.05) is 0 Å². The van der Waals surface area contributed by atoms with Gasteiger partial charge in [-0.05, 0) is 49.9 Å². The van der Waals surface area contributed by atoms with E-state index < -0.39 is 0 Å². The molecule has 2 aromatic heterocycles. The summed E-state index contributed by atoms with van der Waals surface area (Å²) >= 11 is 0. The molecule has 31 heavy (non-hydrogen) atoms. The van der Waals surface area contributed by atoms with Gasteiger partial charge in [0.25, 0.3) is 0 Å². The van der Waals surface area contributed by atoms with Crippen molar-refractivity contribution in [3.63, 3.8) is 0 Å². The van der Waals surface area contributed by atoms with E-state index in [-0.39, 0.29) is 12.7 Å². The molecule has 2 aliphatic rings. The lowest BCUT2D eigenvalue weighted by atomic mass is 9.89. The van der Waals surface area contributed by atoms with Crippen LogP contribution in [0.1, 0.15) is 35.7 Å². The third-order valence-corrected chi connectivity index (χ3v) is 6.25. The fraction of sp³-hybridized carbons (Fsp3) is 0.522. The zero-order valence-electron chi connectivity index (χ0n) is 18.1. The summed E-state index contributed by atoms with van der Waals surface area (Å²) in [5.74, 6) is 2.70. The minimum Gasteiger partial charge on any atom is -0.394 e. The number of morpholine rings is 1. The highest BCUT2D eigenvalue weighted by Gasteiger charge is 2.23. The van der Waals surface area contributed by atoms with Gasteiger partial charge in [-0.25, -0.2) is 14.6 Å². The molecule has 4 heterocycles. The van der Waals surface area contributed by atoms with Gasteiger partial charge in [-0.15, -0.1) is 0 Å². The molecule has 3 aromatic rings. The third kappa shape index (κ3) is 4.03. The van der Waals surface area contributed by atoms with Crippen molar-refractivity contribution in [2.75, 3.05) is 44.4 Å². The first-order valence-corrected chi connectivity index (χ1v) is 11.0. The zero-order chi connectivity index (χ0) is 21.4. The lowest BCUT2D eigenvalue weighted by Crippen LogP contribution is -2.44. The quantitative estimate of drug-likeness (QED) is 0.690. The van der Waals surface area contributed by atoms with Crippen LogP contribution < -0.4 is 4.90 Å². The Morgan fingerprint density at radius 3 is 2.81 bits per heavy atom. The molecule has 8 nitrogen and oxygen atoms in total. The number of hydrogen-bond acceptors (Lipinski definition) is 7. The lowest BCUT2D eigenvalue weighted by Gasteiger charge is -2.33. The Balaban J connectivity index is 1.54. The van der Waals surface area contributed by atoms with Crippen LogP contribution in [0.15, 0.2) is 24.4 Å². The molecule has 0 bridgehead atoms. The Morgan fingerprint density at radius 1 is 1.13 bits per heavy atom. The molecule has 8 heteroatoms. The maximum atomic E-state index is 9.48. The second-order valence-electron chi connectivity index (χ2n) is 8.49. The van der Waals surface area contributed by atoms with Crippen LogP contribution in [0.25, 0.3) is 16.7 Å². The van der Waals surface area contributed by atoms with Crippen molar-refractivity contribution >= 4 is 16.7 Å². The van der Waals surface area contributed by atoms with Crippen LogP contribution in [0.2, 0.25) is 0 Å². The summed E-state index contributed by atoms with van der Waals surface area (Å²) in [4.78, 5) is 11.5. The number of aromatic nitrogens is 4. The van der Waals surface area contributed by atoms with Crippen molar-refractivity contribution in [2.45, 2.75) is 38.7 Å². The van der Waals surface area contributed by atoms with Gasteiger partial charge < -0.3 is 19.5 Å². The summed E-state index contributed by atoms with van der Waals surface area (Å²) in [5, 5.41) is 15.2. The summed E-state index contributed by atoms with van der Waals surface area (Å²) in [6.45, 7) is 7.62. The number of hydrogen-bond donors (Lipinski definition) is 1. The van der Waals surface area contributed by atoms with Gasteiger partial charge >= 0.3 is 0 Å². The minimum atomic E-state index is -0.193. The molecule has 1 aromatic carbocycles. The van der Waals surface area contributed by atoms with Crippen LogP contribution in [0.3, 0.4) is 0 Å².